The molecule has 1 aliphatic heterocycles. The van der Waals surface area contributed by atoms with Crippen LogP contribution >= 0.6 is 0 Å². The molecule has 0 bridgehead atoms. The predicted molar refractivity (Wildman–Crippen MR) is 55.0 cm³/mol. The number of nitrogens with one attached hydrogen (secondary N) is 1. The lowest BCUT2D eigenvalue weighted by molar-refractivity contribution is 0.0432. The summed E-state index contributed by atoms with van der Waals surface area (Å²) < 4.78 is 5.11. The fourth-order valence-electron chi connectivity index (χ4n) is 1.77. The van der Waals surface area contributed by atoms with Crippen LogP contribution in [0.5, 0.6) is 0 Å². The molecule has 0 aromatic rings. The van der Waals surface area contributed by atoms with Crippen LogP contribution in [-0.2, 0) is 4.74 Å². The van der Waals surface area contributed by atoms with E-state index < -0.39 is 0 Å². The molecule has 1 N–H and O–H groups in total. The molecule has 0 aliphatic carbocycles. The molecule has 1 aliphatic rings. The number of hydrogen-bond donors (Lipinski definition) is 1. The van der Waals surface area contributed by atoms with E-state index in [9.17, 15) is 0 Å². The van der Waals surface area contributed by atoms with Gasteiger partial charge in [-0.3, -0.25) is 4.90 Å². The van der Waals surface area contributed by atoms with Crippen LogP contribution in [0.4, 0.5) is 0 Å². The maximum Gasteiger partial charge on any atom is 0.0589 e. The summed E-state index contributed by atoms with van der Waals surface area (Å²) in [6.07, 6.45) is 0. The van der Waals surface area contributed by atoms with Crippen LogP contribution in [-0.4, -0.2) is 49.8 Å². The molecule has 3 nitrogen and oxygen atoms in total. The minimum absolute atomic E-state index is 0.269. The fraction of sp³-hybridized carbons (Fsp3) is 1.00. The largest absolute Gasteiger partial charge is 0.383 e. The highest BCUT2D eigenvalue weighted by molar-refractivity contribution is 4.91. The SMILES string of the molecule is COCCN1CC(C)NCC1(C)C. The zero-order valence-corrected chi connectivity index (χ0v) is 9.26. The molecular formula is C10H22N2O. The maximum absolute atomic E-state index is 5.11. The summed E-state index contributed by atoms with van der Waals surface area (Å²) in [7, 11) is 1.76. The summed E-state index contributed by atoms with van der Waals surface area (Å²) in [4.78, 5) is 2.50. The number of ether oxygens (including phenoxy) is 1. The van der Waals surface area contributed by atoms with E-state index in [1.807, 2.05) is 0 Å². The lowest BCUT2D eigenvalue weighted by Crippen LogP contribution is -2.61. The molecule has 0 amide bonds. The van der Waals surface area contributed by atoms with Gasteiger partial charge in [0.2, 0.25) is 0 Å². The zero-order valence-electron chi connectivity index (χ0n) is 9.26. The number of methoxy groups -OCH3 is 1. The van der Waals surface area contributed by atoms with Gasteiger partial charge in [-0.15, -0.1) is 0 Å². The first-order valence-electron chi connectivity index (χ1n) is 5.03. The Morgan fingerprint density at radius 3 is 2.85 bits per heavy atom. The van der Waals surface area contributed by atoms with Gasteiger partial charge in [0.25, 0.3) is 0 Å². The highest BCUT2D eigenvalue weighted by Crippen LogP contribution is 2.17. The van der Waals surface area contributed by atoms with Crippen LogP contribution in [0.15, 0.2) is 0 Å². The Morgan fingerprint density at radius 2 is 2.23 bits per heavy atom. The van der Waals surface area contributed by atoms with Crippen molar-refractivity contribution in [3.8, 4) is 0 Å². The van der Waals surface area contributed by atoms with Crippen molar-refractivity contribution in [3.63, 3.8) is 0 Å². The van der Waals surface area contributed by atoms with Crippen molar-refractivity contribution in [2.45, 2.75) is 32.4 Å². The van der Waals surface area contributed by atoms with E-state index in [2.05, 4.69) is 31.0 Å². The summed E-state index contributed by atoms with van der Waals surface area (Å²) in [5, 5.41) is 3.50. The molecule has 1 unspecified atom stereocenters. The van der Waals surface area contributed by atoms with Gasteiger partial charge in [0.15, 0.2) is 0 Å². The fourth-order valence-corrected chi connectivity index (χ4v) is 1.77. The van der Waals surface area contributed by atoms with Crippen LogP contribution in [0.3, 0.4) is 0 Å². The van der Waals surface area contributed by atoms with Gasteiger partial charge in [0.05, 0.1) is 6.61 Å². The normalized spacial score (nSPS) is 29.1. The number of piperazine rings is 1. The lowest BCUT2D eigenvalue weighted by Gasteiger charge is -2.45. The molecule has 0 aromatic carbocycles. The molecule has 1 rings (SSSR count). The number of rotatable bonds is 3. The van der Waals surface area contributed by atoms with Gasteiger partial charge in [-0.2, -0.15) is 0 Å². The Balaban J connectivity index is 2.46. The molecule has 1 heterocycles. The van der Waals surface area contributed by atoms with Crippen molar-refractivity contribution >= 4 is 0 Å². The molecule has 1 fully saturated rings. The molecule has 0 spiro atoms. The number of hydrogen-bond acceptors (Lipinski definition) is 3. The first-order chi connectivity index (χ1) is 6.06. The topological polar surface area (TPSA) is 24.5 Å². The molecule has 3 heteroatoms. The number of nitrogens with zero attached hydrogens (tertiary/aromatic N) is 1. The Bertz CT molecular complexity index is 159. The smallest absolute Gasteiger partial charge is 0.0589 e. The molecular weight excluding hydrogens is 164 g/mol. The van der Waals surface area contributed by atoms with Crippen LogP contribution in [0.2, 0.25) is 0 Å². The maximum atomic E-state index is 5.11. The second-order valence-electron chi connectivity index (χ2n) is 4.53. The summed E-state index contributed by atoms with van der Waals surface area (Å²) in [6, 6.07) is 0.602. The van der Waals surface area contributed by atoms with Gasteiger partial charge in [0.1, 0.15) is 0 Å². The second kappa shape index (κ2) is 4.40. The third-order valence-corrected chi connectivity index (χ3v) is 2.80. The molecule has 1 saturated heterocycles. The average Bonchev–Trinajstić information content (AvgIpc) is 2.07. The van der Waals surface area contributed by atoms with Gasteiger partial charge < -0.3 is 10.1 Å². The summed E-state index contributed by atoms with van der Waals surface area (Å²) in [6.45, 7) is 10.8. The van der Waals surface area contributed by atoms with Gasteiger partial charge in [-0.05, 0) is 20.8 Å². The van der Waals surface area contributed by atoms with Crippen molar-refractivity contribution in [1.29, 1.82) is 0 Å². The van der Waals surface area contributed by atoms with Crippen LogP contribution in [0, 0.1) is 0 Å². The predicted octanol–water partition coefficient (Wildman–Crippen LogP) is 0.705. The van der Waals surface area contributed by atoms with E-state index in [4.69, 9.17) is 4.74 Å². The Kier molecular flexibility index (Phi) is 3.71. The minimum Gasteiger partial charge on any atom is -0.383 e. The van der Waals surface area contributed by atoms with E-state index in [-0.39, 0.29) is 5.54 Å². The quantitative estimate of drug-likeness (QED) is 0.702. The monoisotopic (exact) mass is 186 g/mol. The second-order valence-corrected chi connectivity index (χ2v) is 4.53. The van der Waals surface area contributed by atoms with Gasteiger partial charge in [-0.25, -0.2) is 0 Å². The third kappa shape index (κ3) is 2.93. The van der Waals surface area contributed by atoms with Crippen molar-refractivity contribution < 1.29 is 4.74 Å². The first kappa shape index (κ1) is 11.0. The minimum atomic E-state index is 0.269. The summed E-state index contributed by atoms with van der Waals surface area (Å²) in [5.74, 6) is 0. The molecule has 0 saturated carbocycles. The van der Waals surface area contributed by atoms with Crippen LogP contribution in [0.1, 0.15) is 20.8 Å². The van der Waals surface area contributed by atoms with Crippen molar-refractivity contribution in [2.24, 2.45) is 0 Å². The van der Waals surface area contributed by atoms with Gasteiger partial charge in [0, 0.05) is 38.3 Å². The van der Waals surface area contributed by atoms with E-state index in [0.29, 0.717) is 6.04 Å². The third-order valence-electron chi connectivity index (χ3n) is 2.80. The van der Waals surface area contributed by atoms with Gasteiger partial charge in [-0.1, -0.05) is 0 Å². The van der Waals surface area contributed by atoms with Crippen molar-refractivity contribution in [1.82, 2.24) is 10.2 Å². The van der Waals surface area contributed by atoms with Gasteiger partial charge >= 0.3 is 0 Å². The van der Waals surface area contributed by atoms with Crippen molar-refractivity contribution in [2.75, 3.05) is 33.4 Å². The summed E-state index contributed by atoms with van der Waals surface area (Å²) >= 11 is 0. The lowest BCUT2D eigenvalue weighted by atomic mass is 9.98. The molecule has 0 radical (unpaired) electrons. The van der Waals surface area contributed by atoms with Crippen LogP contribution < -0.4 is 5.32 Å². The molecule has 1 atom stereocenters. The van der Waals surface area contributed by atoms with E-state index >= 15 is 0 Å². The molecule has 13 heavy (non-hydrogen) atoms. The Labute approximate surface area is 81.4 Å². The highest BCUT2D eigenvalue weighted by Gasteiger charge is 2.31. The zero-order chi connectivity index (χ0) is 9.90. The summed E-state index contributed by atoms with van der Waals surface area (Å²) in [5.41, 5.74) is 0.269. The van der Waals surface area contributed by atoms with E-state index in [0.717, 1.165) is 26.2 Å². The highest BCUT2D eigenvalue weighted by atomic mass is 16.5. The molecule has 78 valence electrons. The van der Waals surface area contributed by atoms with E-state index in [1.54, 1.807) is 7.11 Å². The molecule has 0 aromatic heterocycles. The Morgan fingerprint density at radius 1 is 1.54 bits per heavy atom. The van der Waals surface area contributed by atoms with Crippen molar-refractivity contribution in [3.05, 3.63) is 0 Å². The average molecular weight is 186 g/mol. The van der Waals surface area contributed by atoms with Crippen LogP contribution in [0.25, 0.3) is 0 Å². The first-order valence-corrected chi connectivity index (χ1v) is 5.03. The Hall–Kier alpha value is -0.120. The van der Waals surface area contributed by atoms with E-state index in [1.165, 1.54) is 0 Å². The standard InChI is InChI=1S/C10H22N2O/c1-9-7-12(5-6-13-4)10(2,3)8-11-9/h9,11H,5-8H2,1-4H3.